The number of unbranched alkanes of at least 4 members (excludes halogenated alkanes) is 1. The summed E-state index contributed by atoms with van der Waals surface area (Å²) in [6.07, 6.45) is 6.17. The van der Waals surface area contributed by atoms with E-state index in [0.29, 0.717) is 31.0 Å². The Hall–Kier alpha value is -3.48. The molecule has 1 aliphatic heterocycles. The number of rotatable bonds is 12. The lowest BCUT2D eigenvalue weighted by Gasteiger charge is -2.30. The van der Waals surface area contributed by atoms with Crippen LogP contribution in [0.25, 0.3) is 0 Å². The number of aliphatic imine (C=N–C) groups is 1. The van der Waals surface area contributed by atoms with Crippen LogP contribution in [0.1, 0.15) is 83.3 Å². The number of hydrogen-bond acceptors (Lipinski definition) is 4. The number of carbonyl (C=O) groups is 3. The van der Waals surface area contributed by atoms with Gasteiger partial charge < -0.3 is 16.0 Å². The molecule has 0 radical (unpaired) electrons. The summed E-state index contributed by atoms with van der Waals surface area (Å²) in [4.78, 5) is 47.4. The van der Waals surface area contributed by atoms with Crippen molar-refractivity contribution < 1.29 is 14.4 Å². The van der Waals surface area contributed by atoms with Gasteiger partial charge in [0.15, 0.2) is 0 Å². The van der Waals surface area contributed by atoms with Crippen LogP contribution in [-0.2, 0) is 14.4 Å². The number of carbonyl (C=O) groups excluding carboxylic acids is 3. The lowest BCUT2D eigenvalue weighted by molar-refractivity contribution is -0.136. The fourth-order valence-corrected chi connectivity index (χ4v) is 6.16. The smallest absolute Gasteiger partial charge is 0.272 e. The Kier molecular flexibility index (Phi) is 10.1. The normalized spacial score (nSPS) is 19.1. The van der Waals surface area contributed by atoms with Gasteiger partial charge in [0, 0.05) is 29.5 Å². The van der Waals surface area contributed by atoms with E-state index in [1.807, 2.05) is 73.3 Å². The van der Waals surface area contributed by atoms with Crippen LogP contribution in [0.15, 0.2) is 59.6 Å². The summed E-state index contributed by atoms with van der Waals surface area (Å²) in [5.41, 5.74) is 9.05. The van der Waals surface area contributed by atoms with Crippen LogP contribution in [0.3, 0.4) is 0 Å². The number of hydrogen-bond donors (Lipinski definition) is 2. The largest absolute Gasteiger partial charge is 0.369 e. The summed E-state index contributed by atoms with van der Waals surface area (Å²) in [6.45, 7) is 6.70. The van der Waals surface area contributed by atoms with E-state index in [2.05, 4.69) is 12.2 Å². The molecule has 2 aromatic rings. The van der Waals surface area contributed by atoms with E-state index in [9.17, 15) is 14.4 Å². The van der Waals surface area contributed by atoms with Crippen LogP contribution < -0.4 is 16.0 Å². The number of primary amides is 1. The second-order valence-electron chi connectivity index (χ2n) is 11.8. The lowest BCUT2D eigenvalue weighted by atomic mass is 9.81. The lowest BCUT2D eigenvalue weighted by Crippen LogP contribution is -2.51. The van der Waals surface area contributed by atoms with E-state index in [4.69, 9.17) is 10.7 Å². The van der Waals surface area contributed by atoms with E-state index in [0.717, 1.165) is 42.5 Å². The summed E-state index contributed by atoms with van der Waals surface area (Å²) in [5.74, 6) is -1.68. The van der Waals surface area contributed by atoms with Crippen LogP contribution in [0.5, 0.6) is 0 Å². The van der Waals surface area contributed by atoms with Gasteiger partial charge in [-0.25, -0.2) is 4.99 Å². The molecule has 1 aliphatic carbocycles. The Bertz CT molecular complexity index is 1200. The molecule has 0 aromatic heterocycles. The first-order valence-corrected chi connectivity index (χ1v) is 14.9. The Morgan fingerprint density at radius 1 is 1.02 bits per heavy atom. The van der Waals surface area contributed by atoms with Gasteiger partial charge in [0.25, 0.3) is 5.91 Å². The number of para-hydroxylation sites is 1. The first-order chi connectivity index (χ1) is 19.3. The first kappa shape index (κ1) is 29.5. The summed E-state index contributed by atoms with van der Waals surface area (Å²) < 4.78 is 0. The number of amides is 3. The Labute approximate surface area is 238 Å². The average molecular weight is 545 g/mol. The molecule has 7 heteroatoms. The van der Waals surface area contributed by atoms with E-state index in [-0.39, 0.29) is 17.7 Å². The van der Waals surface area contributed by atoms with Crippen molar-refractivity contribution in [1.29, 1.82) is 0 Å². The number of nitrogens with two attached hydrogens (primary N) is 1. The van der Waals surface area contributed by atoms with Gasteiger partial charge in [-0.15, -0.1) is 0 Å². The van der Waals surface area contributed by atoms with Gasteiger partial charge in [0.2, 0.25) is 18.0 Å². The Morgan fingerprint density at radius 2 is 1.70 bits per heavy atom. The maximum absolute atomic E-state index is 14.2. The van der Waals surface area contributed by atoms with Crippen molar-refractivity contribution in [1.82, 2.24) is 5.32 Å². The van der Waals surface area contributed by atoms with Gasteiger partial charge in [0.05, 0.1) is 11.4 Å². The molecule has 3 N–H and O–H groups in total. The highest BCUT2D eigenvalue weighted by molar-refractivity contribution is 6.20. The summed E-state index contributed by atoms with van der Waals surface area (Å²) in [6, 6.07) is 17.7. The molecule has 1 fully saturated rings. The van der Waals surface area contributed by atoms with Gasteiger partial charge in [-0.1, -0.05) is 95.0 Å². The predicted molar refractivity (Wildman–Crippen MR) is 160 cm³/mol. The van der Waals surface area contributed by atoms with E-state index < -0.39 is 23.9 Å². The minimum absolute atomic E-state index is 0.176. The first-order valence-electron chi connectivity index (χ1n) is 14.9. The zero-order chi connectivity index (χ0) is 28.6. The zero-order valence-corrected chi connectivity index (χ0v) is 24.1. The fourth-order valence-electron chi connectivity index (χ4n) is 6.16. The number of benzene rings is 2. The molecule has 2 aliphatic rings. The zero-order valence-electron chi connectivity index (χ0n) is 24.1. The molecule has 0 saturated heterocycles. The third kappa shape index (κ3) is 6.98. The number of anilines is 1. The van der Waals surface area contributed by atoms with Crippen LogP contribution in [-0.4, -0.2) is 36.1 Å². The van der Waals surface area contributed by atoms with Gasteiger partial charge in [0.1, 0.15) is 0 Å². The average Bonchev–Trinajstić information content (AvgIpc) is 3.43. The van der Waals surface area contributed by atoms with Crippen molar-refractivity contribution >= 4 is 29.1 Å². The van der Waals surface area contributed by atoms with Crippen molar-refractivity contribution in [3.63, 3.8) is 0 Å². The third-order valence-corrected chi connectivity index (χ3v) is 8.23. The fraction of sp³-hybridized carbons (Fsp3) is 0.515. The van der Waals surface area contributed by atoms with Gasteiger partial charge in [-0.3, -0.25) is 14.4 Å². The number of fused-ring (bicyclic) bond motifs is 1. The minimum atomic E-state index is -1.11. The molecular formula is C33H44N4O3. The molecule has 3 amide bonds. The second-order valence-corrected chi connectivity index (χ2v) is 11.8. The SMILES string of the molecule is CCCC[C@H](C(N)=O)[C@@H](CC(C)C)C(=O)NC1N=C(c2ccccc2)c2ccccc2N(CC2CCCC2)C1=O. The summed E-state index contributed by atoms with van der Waals surface area (Å²) in [5, 5.41) is 2.99. The molecule has 3 atom stereocenters. The number of nitrogens with one attached hydrogen (secondary N) is 1. The molecule has 2 aromatic carbocycles. The highest BCUT2D eigenvalue weighted by Crippen LogP contribution is 2.33. The van der Waals surface area contributed by atoms with Crippen LogP contribution in [0.2, 0.25) is 0 Å². The Balaban J connectivity index is 1.75. The monoisotopic (exact) mass is 544 g/mol. The third-order valence-electron chi connectivity index (χ3n) is 8.23. The molecule has 40 heavy (non-hydrogen) atoms. The molecule has 1 saturated carbocycles. The van der Waals surface area contributed by atoms with E-state index in [1.165, 1.54) is 12.8 Å². The van der Waals surface area contributed by atoms with Crippen LogP contribution >= 0.6 is 0 Å². The Morgan fingerprint density at radius 3 is 2.35 bits per heavy atom. The number of nitrogens with zero attached hydrogens (tertiary/aromatic N) is 2. The standard InChI is InChI=1S/C33H44N4O3/c1-4-5-17-25(30(34)38)27(20-22(2)3)32(39)36-31-33(40)37(21-23-13-9-10-14-23)28-19-12-11-18-26(28)29(35-31)24-15-7-6-8-16-24/h6-8,11-12,15-16,18-19,22-23,25,27,31H,4-5,9-10,13-14,17,20-21H2,1-3H3,(H2,34,38)(H,36,39)/t25-,27+,31?/m0/s1. The van der Waals surface area contributed by atoms with Crippen LogP contribution in [0.4, 0.5) is 5.69 Å². The van der Waals surface area contributed by atoms with Crippen molar-refractivity contribution in [2.24, 2.45) is 34.4 Å². The molecule has 1 heterocycles. The maximum atomic E-state index is 14.2. The van der Waals surface area contributed by atoms with Crippen molar-refractivity contribution in [2.45, 2.75) is 78.3 Å². The maximum Gasteiger partial charge on any atom is 0.272 e. The molecule has 0 spiro atoms. The molecular weight excluding hydrogens is 500 g/mol. The van der Waals surface area contributed by atoms with Gasteiger partial charge in [-0.05, 0) is 43.6 Å². The van der Waals surface area contributed by atoms with E-state index in [1.54, 1.807) is 0 Å². The topological polar surface area (TPSA) is 105 Å². The molecule has 4 rings (SSSR count). The molecule has 214 valence electrons. The summed E-state index contributed by atoms with van der Waals surface area (Å²) >= 11 is 0. The molecule has 7 nitrogen and oxygen atoms in total. The van der Waals surface area contributed by atoms with Crippen molar-refractivity contribution in [2.75, 3.05) is 11.4 Å². The molecule has 1 unspecified atom stereocenters. The highest BCUT2D eigenvalue weighted by Gasteiger charge is 2.38. The minimum Gasteiger partial charge on any atom is -0.369 e. The second kappa shape index (κ2) is 13.7. The number of benzodiazepines with no additional fused rings is 1. The van der Waals surface area contributed by atoms with Gasteiger partial charge >= 0.3 is 0 Å². The molecule has 0 bridgehead atoms. The summed E-state index contributed by atoms with van der Waals surface area (Å²) in [7, 11) is 0. The van der Waals surface area contributed by atoms with Gasteiger partial charge in [-0.2, -0.15) is 0 Å². The van der Waals surface area contributed by atoms with Crippen molar-refractivity contribution in [3.8, 4) is 0 Å². The van der Waals surface area contributed by atoms with E-state index >= 15 is 0 Å². The quantitative estimate of drug-likeness (QED) is 0.371. The predicted octanol–water partition coefficient (Wildman–Crippen LogP) is 5.46. The highest BCUT2D eigenvalue weighted by atomic mass is 16.2. The van der Waals surface area contributed by atoms with Crippen LogP contribution in [0, 0.1) is 23.7 Å². The van der Waals surface area contributed by atoms with Crippen molar-refractivity contribution in [3.05, 3.63) is 65.7 Å².